The molecule has 1 N–H and O–H groups in total. The highest BCUT2D eigenvalue weighted by molar-refractivity contribution is 5.94. The molecule has 0 radical (unpaired) electrons. The van der Waals surface area contributed by atoms with Gasteiger partial charge in [0.2, 0.25) is 0 Å². The predicted octanol–water partition coefficient (Wildman–Crippen LogP) is 3.71. The molecule has 1 aliphatic carbocycles. The first kappa shape index (κ1) is 25.1. The predicted molar refractivity (Wildman–Crippen MR) is 111 cm³/mol. The van der Waals surface area contributed by atoms with Crippen LogP contribution in [0.15, 0.2) is 30.6 Å². The highest BCUT2D eigenvalue weighted by Gasteiger charge is 2.45. The minimum atomic E-state index is -5.34. The standard InChI is InChI=1S/C21H22F5N5O3/c1-30(2)18-10-17(27-11-28-18)29-13-4-6-14(7-5-13)31(34-20(33)21(24,25)26)19(32)12-3-8-15(22)16(23)9-12/h3,8-11,13-14H,4-7H2,1-2H3,(H,27,28,29). The number of amides is 1. The second-order valence-corrected chi connectivity index (χ2v) is 7.94. The zero-order valence-corrected chi connectivity index (χ0v) is 18.3. The molecule has 8 nitrogen and oxygen atoms in total. The lowest BCUT2D eigenvalue weighted by atomic mass is 9.90. The van der Waals surface area contributed by atoms with Crippen molar-refractivity contribution < 1.29 is 36.4 Å². The number of carbonyl (C=O) groups is 2. The molecule has 0 saturated heterocycles. The lowest BCUT2D eigenvalue weighted by molar-refractivity contribution is -0.235. The van der Waals surface area contributed by atoms with E-state index < -0.39 is 41.3 Å². The topological polar surface area (TPSA) is 87.7 Å². The summed E-state index contributed by atoms with van der Waals surface area (Å²) < 4.78 is 65.2. The number of alkyl halides is 3. The van der Waals surface area contributed by atoms with Crippen LogP contribution in [0.4, 0.5) is 33.6 Å². The van der Waals surface area contributed by atoms with Gasteiger partial charge in [-0.3, -0.25) is 4.79 Å². The molecule has 1 heterocycles. The largest absolute Gasteiger partial charge is 0.493 e. The number of hydrogen-bond acceptors (Lipinski definition) is 7. The van der Waals surface area contributed by atoms with Crippen LogP contribution in [-0.4, -0.2) is 59.3 Å². The Bertz CT molecular complexity index is 1040. The fourth-order valence-electron chi connectivity index (χ4n) is 3.51. The van der Waals surface area contributed by atoms with E-state index in [2.05, 4.69) is 20.1 Å². The molecule has 1 aromatic heterocycles. The first-order chi connectivity index (χ1) is 16.0. The number of halogens is 5. The Labute approximate surface area is 191 Å². The van der Waals surface area contributed by atoms with Crippen LogP contribution in [0, 0.1) is 11.6 Å². The second-order valence-electron chi connectivity index (χ2n) is 7.94. The van der Waals surface area contributed by atoms with Gasteiger partial charge in [-0.25, -0.2) is 23.5 Å². The molecule has 0 spiro atoms. The Morgan fingerprint density at radius 3 is 2.29 bits per heavy atom. The Hall–Kier alpha value is -3.51. The van der Waals surface area contributed by atoms with Crippen LogP contribution in [0.1, 0.15) is 36.0 Å². The molecule has 0 bridgehead atoms. The molecule has 0 unspecified atom stereocenters. The van der Waals surface area contributed by atoms with Crippen molar-refractivity contribution in [2.24, 2.45) is 0 Å². The van der Waals surface area contributed by atoms with E-state index in [1.54, 1.807) is 11.0 Å². The molecule has 0 aliphatic heterocycles. The molecule has 1 fully saturated rings. The summed E-state index contributed by atoms with van der Waals surface area (Å²) >= 11 is 0. The van der Waals surface area contributed by atoms with E-state index in [1.807, 2.05) is 14.1 Å². The lowest BCUT2D eigenvalue weighted by Gasteiger charge is -2.35. The summed E-state index contributed by atoms with van der Waals surface area (Å²) in [5.74, 6) is -5.12. The monoisotopic (exact) mass is 487 g/mol. The van der Waals surface area contributed by atoms with Gasteiger partial charge in [-0.05, 0) is 43.9 Å². The van der Waals surface area contributed by atoms with Crippen molar-refractivity contribution >= 4 is 23.5 Å². The van der Waals surface area contributed by atoms with Crippen molar-refractivity contribution in [1.29, 1.82) is 0 Å². The first-order valence-corrected chi connectivity index (χ1v) is 10.3. The van der Waals surface area contributed by atoms with Crippen molar-refractivity contribution in [3.8, 4) is 0 Å². The third-order valence-electron chi connectivity index (χ3n) is 5.27. The van der Waals surface area contributed by atoms with Crippen molar-refractivity contribution in [2.45, 2.75) is 43.9 Å². The van der Waals surface area contributed by atoms with Gasteiger partial charge in [-0.2, -0.15) is 18.2 Å². The second kappa shape index (κ2) is 10.2. The molecule has 13 heteroatoms. The fourth-order valence-corrected chi connectivity index (χ4v) is 3.51. The number of nitrogens with zero attached hydrogens (tertiary/aromatic N) is 4. The number of aromatic nitrogens is 2. The maximum absolute atomic E-state index is 13.6. The van der Waals surface area contributed by atoms with Gasteiger partial charge in [0.15, 0.2) is 11.6 Å². The van der Waals surface area contributed by atoms with Crippen LogP contribution < -0.4 is 10.2 Å². The van der Waals surface area contributed by atoms with Gasteiger partial charge in [-0.15, -0.1) is 0 Å². The van der Waals surface area contributed by atoms with Gasteiger partial charge in [-0.1, -0.05) is 0 Å². The zero-order valence-electron chi connectivity index (χ0n) is 18.3. The van der Waals surface area contributed by atoms with Crippen molar-refractivity contribution in [3.63, 3.8) is 0 Å². The normalized spacial score (nSPS) is 18.2. The van der Waals surface area contributed by atoms with E-state index >= 15 is 0 Å². The van der Waals surface area contributed by atoms with Crippen LogP contribution in [0.5, 0.6) is 0 Å². The Kier molecular flexibility index (Phi) is 7.52. The van der Waals surface area contributed by atoms with E-state index in [9.17, 15) is 31.5 Å². The Morgan fingerprint density at radius 1 is 1.03 bits per heavy atom. The molecule has 34 heavy (non-hydrogen) atoms. The number of nitrogens with one attached hydrogen (secondary N) is 1. The van der Waals surface area contributed by atoms with Crippen LogP contribution in [0.3, 0.4) is 0 Å². The van der Waals surface area contributed by atoms with E-state index in [1.165, 1.54) is 6.33 Å². The molecular formula is C21H22F5N5O3. The molecule has 1 amide bonds. The smallest absolute Gasteiger partial charge is 0.367 e. The molecule has 1 aliphatic rings. The Morgan fingerprint density at radius 2 is 1.71 bits per heavy atom. The average Bonchev–Trinajstić information content (AvgIpc) is 2.79. The summed E-state index contributed by atoms with van der Waals surface area (Å²) in [6, 6.07) is 2.83. The van der Waals surface area contributed by atoms with Crippen LogP contribution in [-0.2, 0) is 9.63 Å². The van der Waals surface area contributed by atoms with Crippen LogP contribution in [0.2, 0.25) is 0 Å². The van der Waals surface area contributed by atoms with E-state index in [0.29, 0.717) is 41.7 Å². The van der Waals surface area contributed by atoms with Crippen LogP contribution >= 0.6 is 0 Å². The minimum absolute atomic E-state index is 0.111. The molecule has 1 aromatic carbocycles. The van der Waals surface area contributed by atoms with E-state index in [0.717, 1.165) is 6.07 Å². The number of carbonyl (C=O) groups excluding carboxylic acids is 2. The zero-order chi connectivity index (χ0) is 25.0. The molecule has 1 saturated carbocycles. The molecule has 0 atom stereocenters. The minimum Gasteiger partial charge on any atom is -0.367 e. The number of hydroxylamine groups is 2. The molecule has 184 valence electrons. The average molecular weight is 487 g/mol. The van der Waals surface area contributed by atoms with Gasteiger partial charge in [0, 0.05) is 31.8 Å². The maximum atomic E-state index is 13.6. The van der Waals surface area contributed by atoms with Crippen molar-refractivity contribution in [2.75, 3.05) is 24.3 Å². The van der Waals surface area contributed by atoms with Gasteiger partial charge < -0.3 is 15.1 Å². The van der Waals surface area contributed by atoms with Gasteiger partial charge in [0.25, 0.3) is 5.91 Å². The summed E-state index contributed by atoms with van der Waals surface area (Å²) in [6.45, 7) is 0. The number of hydrogen-bond donors (Lipinski definition) is 1. The Balaban J connectivity index is 1.73. The van der Waals surface area contributed by atoms with Gasteiger partial charge >= 0.3 is 12.1 Å². The van der Waals surface area contributed by atoms with E-state index in [-0.39, 0.29) is 18.9 Å². The first-order valence-electron chi connectivity index (χ1n) is 10.3. The van der Waals surface area contributed by atoms with Gasteiger partial charge in [0.1, 0.15) is 18.0 Å². The summed E-state index contributed by atoms with van der Waals surface area (Å²) in [5, 5.41) is 3.53. The highest BCUT2D eigenvalue weighted by atomic mass is 19.4. The number of benzene rings is 1. The highest BCUT2D eigenvalue weighted by Crippen LogP contribution is 2.29. The number of anilines is 2. The third-order valence-corrected chi connectivity index (χ3v) is 5.27. The SMILES string of the molecule is CN(C)c1cc(NC2CCC(N(OC(=O)C(F)(F)F)C(=O)c3ccc(F)c(F)c3)CC2)ncn1. The fraction of sp³-hybridized carbons (Fsp3) is 0.429. The quantitative estimate of drug-likeness (QED) is 0.508. The van der Waals surface area contributed by atoms with Crippen molar-refractivity contribution in [3.05, 3.63) is 47.8 Å². The van der Waals surface area contributed by atoms with E-state index in [4.69, 9.17) is 0 Å². The molecule has 2 aromatic rings. The van der Waals surface area contributed by atoms with Gasteiger partial charge in [0.05, 0.1) is 6.04 Å². The summed E-state index contributed by atoms with van der Waals surface area (Å²) in [7, 11) is 3.64. The van der Waals surface area contributed by atoms with Crippen molar-refractivity contribution in [1.82, 2.24) is 15.0 Å². The summed E-state index contributed by atoms with van der Waals surface area (Å²) in [6.07, 6.45) is -2.76. The lowest BCUT2D eigenvalue weighted by Crippen LogP contribution is -2.47. The van der Waals surface area contributed by atoms with Crippen LogP contribution in [0.25, 0.3) is 0 Å². The summed E-state index contributed by atoms with van der Waals surface area (Å²) in [4.78, 5) is 38.7. The maximum Gasteiger partial charge on any atom is 0.493 e. The molecular weight excluding hydrogens is 465 g/mol. The molecule has 3 rings (SSSR count). The summed E-state index contributed by atoms with van der Waals surface area (Å²) in [5.41, 5.74) is -0.452. The third kappa shape index (κ3) is 6.08. The number of rotatable bonds is 5.